The Bertz CT molecular complexity index is 1360. The lowest BCUT2D eigenvalue weighted by molar-refractivity contribution is -0.112. The topological polar surface area (TPSA) is 82.5 Å². The molecule has 174 valence electrons. The third kappa shape index (κ3) is 4.63. The molecule has 0 saturated heterocycles. The lowest BCUT2D eigenvalue weighted by Gasteiger charge is -2.10. The van der Waals surface area contributed by atoms with Crippen LogP contribution in [0.3, 0.4) is 0 Å². The largest absolute Gasteiger partial charge is 0.497 e. The maximum atomic E-state index is 13.4. The van der Waals surface area contributed by atoms with Crippen molar-refractivity contribution in [2.24, 2.45) is 0 Å². The second-order valence-electron chi connectivity index (χ2n) is 7.65. The number of carbonyl (C=O) groups is 2. The summed E-state index contributed by atoms with van der Waals surface area (Å²) in [4.78, 5) is 31.5. The van der Waals surface area contributed by atoms with Crippen LogP contribution in [0.1, 0.15) is 21.6 Å². The zero-order valence-electron chi connectivity index (χ0n) is 19.4. The van der Waals surface area contributed by atoms with Crippen molar-refractivity contribution in [1.82, 2.24) is 9.55 Å². The Morgan fingerprint density at radius 3 is 2.47 bits per heavy atom. The number of pyridine rings is 1. The molecule has 0 saturated carbocycles. The fourth-order valence-electron chi connectivity index (χ4n) is 3.89. The van der Waals surface area contributed by atoms with Crippen molar-refractivity contribution < 1.29 is 19.1 Å². The molecular weight excluding hydrogens is 450 g/mol. The Hall–Kier alpha value is -3.78. The first-order valence-corrected chi connectivity index (χ1v) is 11.8. The number of hydrogen-bond donors (Lipinski definition) is 1. The van der Waals surface area contributed by atoms with Crippen molar-refractivity contribution in [2.45, 2.75) is 18.4 Å². The minimum atomic E-state index is -0.734. The van der Waals surface area contributed by atoms with Crippen LogP contribution in [0, 0.1) is 6.92 Å². The van der Waals surface area contributed by atoms with E-state index in [9.17, 15) is 9.59 Å². The van der Waals surface area contributed by atoms with Crippen LogP contribution in [0.5, 0.6) is 11.6 Å². The average Bonchev–Trinajstić information content (AvgIpc) is 3.14. The first kappa shape index (κ1) is 23.4. The summed E-state index contributed by atoms with van der Waals surface area (Å²) in [6, 6.07) is 17.0. The number of hydrogen-bond acceptors (Lipinski definition) is 6. The zero-order valence-corrected chi connectivity index (χ0v) is 20.2. The Balaban J connectivity index is 1.73. The van der Waals surface area contributed by atoms with Crippen molar-refractivity contribution in [1.29, 1.82) is 0 Å². The maximum absolute atomic E-state index is 13.4. The molecule has 2 heterocycles. The van der Waals surface area contributed by atoms with Gasteiger partial charge in [0.2, 0.25) is 5.88 Å². The van der Waals surface area contributed by atoms with Crippen LogP contribution in [0.25, 0.3) is 10.9 Å². The molecule has 0 atom stereocenters. The predicted molar refractivity (Wildman–Crippen MR) is 134 cm³/mol. The van der Waals surface area contributed by atoms with Gasteiger partial charge in [-0.05, 0) is 55.1 Å². The zero-order chi connectivity index (χ0) is 24.2. The third-order valence-electron chi connectivity index (χ3n) is 5.67. The molecule has 2 aromatic carbocycles. The monoisotopic (exact) mass is 475 g/mol. The van der Waals surface area contributed by atoms with Crippen molar-refractivity contribution in [3.8, 4) is 11.6 Å². The van der Waals surface area contributed by atoms with Crippen LogP contribution in [0.15, 0.2) is 65.7 Å². The smallest absolute Gasteiger partial charge is 0.296 e. The van der Waals surface area contributed by atoms with E-state index in [1.807, 2.05) is 25.3 Å². The van der Waals surface area contributed by atoms with E-state index in [4.69, 9.17) is 9.47 Å². The van der Waals surface area contributed by atoms with Gasteiger partial charge in [0.05, 0.1) is 19.8 Å². The normalized spacial score (nSPS) is 10.8. The van der Waals surface area contributed by atoms with Crippen molar-refractivity contribution in [2.75, 3.05) is 25.8 Å². The van der Waals surface area contributed by atoms with Gasteiger partial charge in [0.25, 0.3) is 11.7 Å². The van der Waals surface area contributed by atoms with Gasteiger partial charge in [-0.3, -0.25) is 9.59 Å². The summed E-state index contributed by atoms with van der Waals surface area (Å²) >= 11 is 1.69. The molecule has 4 rings (SSSR count). The molecule has 4 aromatic rings. The first-order chi connectivity index (χ1) is 16.4. The van der Waals surface area contributed by atoms with Crippen LogP contribution in [0.2, 0.25) is 0 Å². The number of carbonyl (C=O) groups excluding carboxylic acids is 2. The van der Waals surface area contributed by atoms with E-state index in [1.54, 1.807) is 37.1 Å². The molecule has 34 heavy (non-hydrogen) atoms. The van der Waals surface area contributed by atoms with Crippen molar-refractivity contribution in [3.05, 3.63) is 77.6 Å². The van der Waals surface area contributed by atoms with E-state index in [2.05, 4.69) is 39.1 Å². The van der Waals surface area contributed by atoms with E-state index < -0.39 is 11.7 Å². The molecule has 1 N–H and O–H groups in total. The summed E-state index contributed by atoms with van der Waals surface area (Å²) in [5.74, 6) is -0.400. The number of thioether (sulfide) groups is 1. The van der Waals surface area contributed by atoms with E-state index >= 15 is 0 Å². The number of methoxy groups -OCH3 is 2. The van der Waals surface area contributed by atoms with Crippen LogP contribution in [-0.4, -0.2) is 41.7 Å². The van der Waals surface area contributed by atoms with E-state index in [0.717, 1.165) is 11.1 Å². The van der Waals surface area contributed by atoms with Gasteiger partial charge in [0, 0.05) is 46.0 Å². The number of anilines is 1. The molecule has 0 aliphatic rings. The number of nitrogens with one attached hydrogen (secondary N) is 1. The maximum Gasteiger partial charge on any atom is 0.296 e. The van der Waals surface area contributed by atoms with Gasteiger partial charge >= 0.3 is 0 Å². The molecule has 8 heteroatoms. The fraction of sp³-hybridized carbons (Fsp3) is 0.192. The fourth-order valence-corrected chi connectivity index (χ4v) is 4.30. The summed E-state index contributed by atoms with van der Waals surface area (Å²) < 4.78 is 12.5. The molecule has 0 bridgehead atoms. The van der Waals surface area contributed by atoms with Crippen LogP contribution < -0.4 is 14.8 Å². The number of ether oxygens (including phenoxy) is 2. The summed E-state index contributed by atoms with van der Waals surface area (Å²) in [5.41, 5.74) is 3.45. The number of amides is 1. The number of nitrogens with zero attached hydrogens (tertiary/aromatic N) is 2. The number of Topliss-reactive ketones (excluding diaryl/α,β-unsaturated/α-hetero) is 1. The second-order valence-corrected chi connectivity index (χ2v) is 8.53. The molecule has 0 radical (unpaired) electrons. The van der Waals surface area contributed by atoms with Crippen molar-refractivity contribution in [3.63, 3.8) is 0 Å². The highest BCUT2D eigenvalue weighted by molar-refractivity contribution is 7.98. The average molecular weight is 476 g/mol. The molecule has 7 nitrogen and oxygen atoms in total. The van der Waals surface area contributed by atoms with E-state index in [1.165, 1.54) is 18.2 Å². The summed E-state index contributed by atoms with van der Waals surface area (Å²) in [7, 11) is 3.06. The van der Waals surface area contributed by atoms with Crippen molar-refractivity contribution >= 4 is 40.0 Å². The van der Waals surface area contributed by atoms with Crippen LogP contribution >= 0.6 is 11.8 Å². The highest BCUT2D eigenvalue weighted by atomic mass is 32.2. The summed E-state index contributed by atoms with van der Waals surface area (Å²) in [6.45, 7) is 2.43. The molecule has 0 spiro atoms. The molecule has 0 fully saturated rings. The number of benzene rings is 2. The van der Waals surface area contributed by atoms with E-state index in [-0.39, 0.29) is 0 Å². The van der Waals surface area contributed by atoms with Gasteiger partial charge in [-0.2, -0.15) is 0 Å². The molecule has 2 aromatic heterocycles. The number of aromatic nitrogens is 2. The lowest BCUT2D eigenvalue weighted by Crippen LogP contribution is -2.23. The number of ketones is 1. The highest BCUT2D eigenvalue weighted by Crippen LogP contribution is 2.31. The Labute approximate surface area is 202 Å². The van der Waals surface area contributed by atoms with E-state index in [0.29, 0.717) is 40.5 Å². The van der Waals surface area contributed by atoms with Gasteiger partial charge in [-0.15, -0.1) is 11.8 Å². The minimum absolute atomic E-state index is 0.343. The highest BCUT2D eigenvalue weighted by Gasteiger charge is 2.26. The quantitative estimate of drug-likeness (QED) is 0.221. The Kier molecular flexibility index (Phi) is 6.88. The molecule has 1 amide bonds. The van der Waals surface area contributed by atoms with Gasteiger partial charge in [0.15, 0.2) is 0 Å². The Morgan fingerprint density at radius 2 is 1.79 bits per heavy atom. The van der Waals surface area contributed by atoms with Gasteiger partial charge in [-0.1, -0.05) is 12.1 Å². The third-order valence-corrected chi connectivity index (χ3v) is 6.41. The second kappa shape index (κ2) is 10.0. The van der Waals surface area contributed by atoms with Crippen LogP contribution in [0.4, 0.5) is 5.69 Å². The Morgan fingerprint density at radius 1 is 1.03 bits per heavy atom. The number of rotatable bonds is 8. The SMILES string of the molecule is COc1ccc2c(c1)c(C(=O)C(=O)Nc1ccnc(OC)c1)c(C)n2Cc1ccc(SC)cc1. The molecule has 0 aliphatic heterocycles. The van der Waals surface area contributed by atoms with Gasteiger partial charge in [0.1, 0.15) is 5.75 Å². The number of fused-ring (bicyclic) bond motifs is 1. The van der Waals surface area contributed by atoms with Gasteiger partial charge < -0.3 is 19.4 Å². The molecule has 0 unspecified atom stereocenters. The lowest BCUT2D eigenvalue weighted by atomic mass is 10.1. The molecule has 0 aliphatic carbocycles. The minimum Gasteiger partial charge on any atom is -0.497 e. The van der Waals surface area contributed by atoms with Gasteiger partial charge in [-0.25, -0.2) is 4.98 Å². The standard InChI is InChI=1S/C26H25N3O4S/c1-16-24(25(30)26(31)28-18-11-12-27-23(13-18)33-3)21-14-19(32-2)7-10-22(21)29(16)15-17-5-8-20(34-4)9-6-17/h5-14H,15H2,1-4H3,(H,27,28,31). The van der Waals surface area contributed by atoms with Crippen LogP contribution in [-0.2, 0) is 11.3 Å². The first-order valence-electron chi connectivity index (χ1n) is 10.6. The predicted octanol–water partition coefficient (Wildman–Crippen LogP) is 4.95. The molecular formula is C26H25N3O4S. The summed E-state index contributed by atoms with van der Waals surface area (Å²) in [5, 5.41) is 3.33. The summed E-state index contributed by atoms with van der Waals surface area (Å²) in [6.07, 6.45) is 3.54.